The minimum atomic E-state index is -0.841. The molecule has 1 rings (SSSR count). The van der Waals surface area contributed by atoms with Gasteiger partial charge in [0.05, 0.1) is 0 Å². The van der Waals surface area contributed by atoms with Crippen molar-refractivity contribution in [3.05, 3.63) is 34.9 Å². The standard InChI is InChI=1S/C27H45N3O4/c1-9-11-13-18-30(25(32)21(5)29-26(33)34-27(6,7)8)23(24(31)28-17-12-10-2)22-19(3)15-14-16-20(22)4/h14-16,21,23H,9-13,17-18H2,1-8H3,(H,28,31)(H,29,33). The Morgan fingerprint density at radius 3 is 2.12 bits per heavy atom. The number of alkyl carbamates (subject to hydrolysis) is 1. The molecule has 2 N–H and O–H groups in total. The van der Waals surface area contributed by atoms with Gasteiger partial charge < -0.3 is 20.3 Å². The fraction of sp³-hybridized carbons (Fsp3) is 0.667. The molecule has 0 aliphatic carbocycles. The smallest absolute Gasteiger partial charge is 0.408 e. The molecule has 2 atom stereocenters. The SMILES string of the molecule is CCCCCN(C(=O)C(C)NC(=O)OC(C)(C)C)C(C(=O)NCCCC)c1c(C)cccc1C. The van der Waals surface area contributed by atoms with Crippen molar-refractivity contribution in [2.45, 2.75) is 105 Å². The Morgan fingerprint density at radius 1 is 1.00 bits per heavy atom. The lowest BCUT2D eigenvalue weighted by Crippen LogP contribution is -2.52. The van der Waals surface area contributed by atoms with Gasteiger partial charge in [-0.05, 0) is 71.1 Å². The van der Waals surface area contributed by atoms with E-state index < -0.39 is 23.8 Å². The van der Waals surface area contributed by atoms with E-state index >= 15 is 0 Å². The monoisotopic (exact) mass is 475 g/mol. The summed E-state index contributed by atoms with van der Waals surface area (Å²) in [5.41, 5.74) is 2.08. The maximum absolute atomic E-state index is 13.7. The van der Waals surface area contributed by atoms with Gasteiger partial charge in [0.2, 0.25) is 11.8 Å². The van der Waals surface area contributed by atoms with E-state index in [2.05, 4.69) is 24.5 Å². The van der Waals surface area contributed by atoms with Gasteiger partial charge in [0, 0.05) is 13.1 Å². The summed E-state index contributed by atoms with van der Waals surface area (Å²) in [7, 11) is 0. The number of carbonyl (C=O) groups is 3. The molecule has 0 heterocycles. The maximum atomic E-state index is 13.7. The lowest BCUT2D eigenvalue weighted by molar-refractivity contribution is -0.142. The Labute approximate surface area is 206 Å². The van der Waals surface area contributed by atoms with Gasteiger partial charge in [0.15, 0.2) is 0 Å². The minimum absolute atomic E-state index is 0.194. The first-order chi connectivity index (χ1) is 15.9. The van der Waals surface area contributed by atoms with Crippen LogP contribution in [0.4, 0.5) is 4.79 Å². The van der Waals surface area contributed by atoms with Crippen molar-refractivity contribution in [2.75, 3.05) is 13.1 Å². The summed E-state index contributed by atoms with van der Waals surface area (Å²) in [6.07, 6.45) is 3.87. The first kappa shape index (κ1) is 29.5. The molecular formula is C27H45N3O4. The van der Waals surface area contributed by atoms with Gasteiger partial charge in [-0.25, -0.2) is 4.79 Å². The number of rotatable bonds is 12. The van der Waals surface area contributed by atoms with Crippen LogP contribution >= 0.6 is 0 Å². The summed E-state index contributed by atoms with van der Waals surface area (Å²) in [5.74, 6) is -0.500. The van der Waals surface area contributed by atoms with E-state index in [1.165, 1.54) is 0 Å². The maximum Gasteiger partial charge on any atom is 0.408 e. The van der Waals surface area contributed by atoms with Gasteiger partial charge in [-0.15, -0.1) is 0 Å². The Hall–Kier alpha value is -2.57. The minimum Gasteiger partial charge on any atom is -0.444 e. The van der Waals surface area contributed by atoms with Crippen LogP contribution in [0.15, 0.2) is 18.2 Å². The van der Waals surface area contributed by atoms with Gasteiger partial charge in [0.25, 0.3) is 0 Å². The van der Waals surface area contributed by atoms with Crippen LogP contribution < -0.4 is 10.6 Å². The van der Waals surface area contributed by atoms with Gasteiger partial charge in [0.1, 0.15) is 17.7 Å². The molecule has 7 heteroatoms. The molecule has 0 aromatic heterocycles. The quantitative estimate of drug-likeness (QED) is 0.407. The summed E-state index contributed by atoms with van der Waals surface area (Å²) in [4.78, 5) is 41.2. The van der Waals surface area contributed by atoms with Crippen molar-refractivity contribution in [1.29, 1.82) is 0 Å². The Balaban J connectivity index is 3.36. The molecule has 1 aromatic rings. The topological polar surface area (TPSA) is 87.7 Å². The summed E-state index contributed by atoms with van der Waals surface area (Å²) < 4.78 is 5.33. The average Bonchev–Trinajstić information content (AvgIpc) is 2.73. The summed E-state index contributed by atoms with van der Waals surface area (Å²) >= 11 is 0. The van der Waals surface area contributed by atoms with E-state index in [1.807, 2.05) is 32.0 Å². The van der Waals surface area contributed by atoms with Gasteiger partial charge >= 0.3 is 6.09 Å². The molecule has 0 aliphatic rings. The molecule has 34 heavy (non-hydrogen) atoms. The molecule has 0 aliphatic heterocycles. The first-order valence-corrected chi connectivity index (χ1v) is 12.6. The van der Waals surface area contributed by atoms with E-state index in [4.69, 9.17) is 4.74 Å². The van der Waals surface area contributed by atoms with E-state index in [0.717, 1.165) is 48.8 Å². The normalized spacial score (nSPS) is 13.1. The summed E-state index contributed by atoms with van der Waals surface area (Å²) in [5, 5.41) is 5.68. The van der Waals surface area contributed by atoms with Crippen molar-refractivity contribution >= 4 is 17.9 Å². The third-order valence-corrected chi connectivity index (χ3v) is 5.59. The zero-order chi connectivity index (χ0) is 25.9. The summed E-state index contributed by atoms with van der Waals surface area (Å²) in [6.45, 7) is 16.0. The second kappa shape index (κ2) is 14.0. The van der Waals surface area contributed by atoms with Crippen LogP contribution in [0, 0.1) is 13.8 Å². The first-order valence-electron chi connectivity index (χ1n) is 12.6. The largest absolute Gasteiger partial charge is 0.444 e. The van der Waals surface area contributed by atoms with Gasteiger partial charge in [-0.3, -0.25) is 9.59 Å². The number of carbonyl (C=O) groups excluding carboxylic acids is 3. The van der Waals surface area contributed by atoms with E-state index in [0.29, 0.717) is 13.1 Å². The van der Waals surface area contributed by atoms with Crippen molar-refractivity contribution in [1.82, 2.24) is 15.5 Å². The second-order valence-electron chi connectivity index (χ2n) is 9.96. The zero-order valence-corrected chi connectivity index (χ0v) is 22.4. The van der Waals surface area contributed by atoms with Crippen LogP contribution in [-0.2, 0) is 14.3 Å². The highest BCUT2D eigenvalue weighted by Gasteiger charge is 2.35. The highest BCUT2D eigenvalue weighted by Crippen LogP contribution is 2.29. The average molecular weight is 476 g/mol. The Bertz CT molecular complexity index is 796. The zero-order valence-electron chi connectivity index (χ0n) is 22.4. The van der Waals surface area contributed by atoms with Crippen molar-refractivity contribution < 1.29 is 19.1 Å². The van der Waals surface area contributed by atoms with Crippen LogP contribution in [-0.4, -0.2) is 47.5 Å². The number of ether oxygens (including phenoxy) is 1. The molecule has 192 valence electrons. The molecule has 0 spiro atoms. The van der Waals surface area contributed by atoms with Crippen LogP contribution in [0.25, 0.3) is 0 Å². The summed E-state index contributed by atoms with van der Waals surface area (Å²) in [6, 6.07) is 4.27. The predicted octanol–water partition coefficient (Wildman–Crippen LogP) is 5.19. The fourth-order valence-corrected chi connectivity index (χ4v) is 3.87. The molecule has 0 saturated carbocycles. The number of hydrogen-bond acceptors (Lipinski definition) is 4. The molecule has 3 amide bonds. The number of nitrogens with zero attached hydrogens (tertiary/aromatic N) is 1. The molecule has 1 aromatic carbocycles. The molecule has 2 unspecified atom stereocenters. The van der Waals surface area contributed by atoms with Crippen LogP contribution in [0.1, 0.15) is 96.4 Å². The third kappa shape index (κ3) is 9.35. The molecule has 7 nitrogen and oxygen atoms in total. The van der Waals surface area contributed by atoms with Crippen molar-refractivity contribution in [3.63, 3.8) is 0 Å². The highest BCUT2D eigenvalue weighted by molar-refractivity contribution is 5.92. The van der Waals surface area contributed by atoms with E-state index in [1.54, 1.807) is 32.6 Å². The molecular weight excluding hydrogens is 430 g/mol. The number of benzene rings is 1. The van der Waals surface area contributed by atoms with Crippen LogP contribution in [0.3, 0.4) is 0 Å². The van der Waals surface area contributed by atoms with Crippen molar-refractivity contribution in [3.8, 4) is 0 Å². The molecule has 0 bridgehead atoms. The van der Waals surface area contributed by atoms with Crippen LogP contribution in [0.5, 0.6) is 0 Å². The lowest BCUT2D eigenvalue weighted by atomic mass is 9.93. The number of unbranched alkanes of at least 4 members (excludes halogenated alkanes) is 3. The van der Waals surface area contributed by atoms with Gasteiger partial charge in [-0.2, -0.15) is 0 Å². The Morgan fingerprint density at radius 2 is 1.59 bits per heavy atom. The molecule has 0 radical (unpaired) electrons. The van der Waals surface area contributed by atoms with Gasteiger partial charge in [-0.1, -0.05) is 51.3 Å². The van der Waals surface area contributed by atoms with E-state index in [9.17, 15) is 14.4 Å². The van der Waals surface area contributed by atoms with Crippen molar-refractivity contribution in [2.24, 2.45) is 0 Å². The molecule has 0 saturated heterocycles. The van der Waals surface area contributed by atoms with E-state index in [-0.39, 0.29) is 11.8 Å². The highest BCUT2D eigenvalue weighted by atomic mass is 16.6. The second-order valence-corrected chi connectivity index (χ2v) is 9.96. The predicted molar refractivity (Wildman–Crippen MR) is 137 cm³/mol. The number of aryl methyl sites for hydroxylation is 2. The number of hydrogen-bond donors (Lipinski definition) is 2. The number of nitrogens with one attached hydrogen (secondary N) is 2. The lowest BCUT2D eigenvalue weighted by Gasteiger charge is -2.35. The number of amides is 3. The Kier molecular flexibility index (Phi) is 12.1. The third-order valence-electron chi connectivity index (χ3n) is 5.59. The molecule has 0 fully saturated rings. The fourth-order valence-electron chi connectivity index (χ4n) is 3.87. The van der Waals surface area contributed by atoms with Crippen LogP contribution in [0.2, 0.25) is 0 Å².